The second-order valence-corrected chi connectivity index (χ2v) is 6.60. The monoisotopic (exact) mass is 414 g/mol. The molecule has 150 valence electrons. The molecular formula is C20H19ClN4O4. The van der Waals surface area contributed by atoms with Gasteiger partial charge in [-0.1, -0.05) is 0 Å². The van der Waals surface area contributed by atoms with Crippen molar-refractivity contribution in [1.29, 1.82) is 0 Å². The van der Waals surface area contributed by atoms with Crippen LogP contribution in [0, 0.1) is 0 Å². The highest BCUT2D eigenvalue weighted by molar-refractivity contribution is 6.29. The number of rotatable bonds is 6. The summed E-state index contributed by atoms with van der Waals surface area (Å²) in [7, 11) is 3.09. The highest BCUT2D eigenvalue weighted by Gasteiger charge is 2.11. The number of amides is 2. The van der Waals surface area contributed by atoms with Crippen LogP contribution in [-0.2, 0) is 16.6 Å². The Balaban J connectivity index is 1.51. The minimum absolute atomic E-state index is 0.0994. The summed E-state index contributed by atoms with van der Waals surface area (Å²) in [6, 6.07) is 11.4. The minimum atomic E-state index is -0.447. The van der Waals surface area contributed by atoms with E-state index in [1.807, 2.05) is 0 Å². The van der Waals surface area contributed by atoms with Gasteiger partial charge in [-0.25, -0.2) is 9.78 Å². The maximum Gasteiger partial charge on any atom is 0.337 e. The van der Waals surface area contributed by atoms with Crippen molar-refractivity contribution in [2.24, 2.45) is 7.05 Å². The highest BCUT2D eigenvalue weighted by Crippen LogP contribution is 2.19. The Bertz CT molecular complexity index is 1080. The lowest BCUT2D eigenvalue weighted by Crippen LogP contribution is -2.27. The molecular weight excluding hydrogens is 396 g/mol. The largest absolute Gasteiger partial charge is 0.465 e. The third-order valence-corrected chi connectivity index (χ3v) is 4.65. The number of ether oxygens (including phenoxy) is 1. The van der Waals surface area contributed by atoms with Gasteiger partial charge in [0, 0.05) is 31.3 Å². The average Bonchev–Trinajstić information content (AvgIpc) is 3.01. The number of hydrogen-bond acceptors (Lipinski definition) is 5. The number of nitrogens with one attached hydrogen (secondary N) is 2. The number of halogens is 1. The zero-order valence-corrected chi connectivity index (χ0v) is 16.6. The van der Waals surface area contributed by atoms with Gasteiger partial charge < -0.3 is 19.9 Å². The van der Waals surface area contributed by atoms with Crippen LogP contribution in [0.5, 0.6) is 0 Å². The van der Waals surface area contributed by atoms with Crippen LogP contribution in [0.4, 0.5) is 5.69 Å². The number of fused-ring (bicyclic) bond motifs is 1. The van der Waals surface area contributed by atoms with Crippen LogP contribution in [0.1, 0.15) is 27.1 Å². The topological polar surface area (TPSA) is 102 Å². The predicted molar refractivity (Wildman–Crippen MR) is 109 cm³/mol. The van der Waals surface area contributed by atoms with Gasteiger partial charge in [-0.05, 0) is 54.1 Å². The van der Waals surface area contributed by atoms with Gasteiger partial charge in [-0.2, -0.15) is 0 Å². The molecule has 0 bridgehead atoms. The molecule has 2 amide bonds. The molecule has 0 unspecified atom stereocenters. The van der Waals surface area contributed by atoms with Crippen molar-refractivity contribution in [2.75, 3.05) is 19.0 Å². The summed E-state index contributed by atoms with van der Waals surface area (Å²) in [4.78, 5) is 39.9. The van der Waals surface area contributed by atoms with E-state index in [1.54, 1.807) is 54.1 Å². The number of carbonyl (C=O) groups excluding carboxylic acids is 3. The Morgan fingerprint density at radius 2 is 1.79 bits per heavy atom. The molecule has 1 aromatic heterocycles. The van der Waals surface area contributed by atoms with Crippen LogP contribution < -0.4 is 10.6 Å². The van der Waals surface area contributed by atoms with E-state index in [0.29, 0.717) is 27.6 Å². The van der Waals surface area contributed by atoms with Gasteiger partial charge in [0.25, 0.3) is 5.91 Å². The molecule has 0 aliphatic carbocycles. The fraction of sp³-hybridized carbons (Fsp3) is 0.200. The highest BCUT2D eigenvalue weighted by atomic mass is 35.5. The maximum absolute atomic E-state index is 12.3. The van der Waals surface area contributed by atoms with E-state index in [-0.39, 0.29) is 24.8 Å². The van der Waals surface area contributed by atoms with Gasteiger partial charge in [-0.3, -0.25) is 9.59 Å². The molecule has 0 fully saturated rings. The van der Waals surface area contributed by atoms with E-state index in [2.05, 4.69) is 20.4 Å². The Hall–Kier alpha value is -3.39. The Morgan fingerprint density at radius 1 is 1.10 bits per heavy atom. The first-order chi connectivity index (χ1) is 13.9. The number of aromatic nitrogens is 2. The number of anilines is 1. The molecule has 0 aliphatic heterocycles. The lowest BCUT2D eigenvalue weighted by Gasteiger charge is -2.08. The molecule has 0 atom stereocenters. The number of benzene rings is 2. The SMILES string of the molecule is COC(=O)c1ccc(NC(=O)CCNC(=O)c2ccc3c(c2)nc(Cl)n3C)cc1. The van der Waals surface area contributed by atoms with Gasteiger partial charge in [-0.15, -0.1) is 0 Å². The summed E-state index contributed by atoms with van der Waals surface area (Å²) in [5, 5.41) is 5.75. The molecule has 2 aromatic carbocycles. The molecule has 0 radical (unpaired) electrons. The quantitative estimate of drug-likeness (QED) is 0.604. The number of esters is 1. The van der Waals surface area contributed by atoms with Crippen molar-refractivity contribution < 1.29 is 19.1 Å². The van der Waals surface area contributed by atoms with Crippen LogP contribution in [0.15, 0.2) is 42.5 Å². The summed E-state index contributed by atoms with van der Waals surface area (Å²) in [5.41, 5.74) is 2.82. The second kappa shape index (κ2) is 8.74. The molecule has 9 heteroatoms. The van der Waals surface area contributed by atoms with Gasteiger partial charge in [0.15, 0.2) is 0 Å². The third kappa shape index (κ3) is 4.72. The number of methoxy groups -OCH3 is 1. The molecule has 0 saturated carbocycles. The van der Waals surface area contributed by atoms with Gasteiger partial charge in [0.05, 0.1) is 23.7 Å². The number of imidazole rings is 1. The van der Waals surface area contributed by atoms with Gasteiger partial charge in [0.1, 0.15) is 0 Å². The lowest BCUT2D eigenvalue weighted by molar-refractivity contribution is -0.116. The predicted octanol–water partition coefficient (Wildman–Crippen LogP) is 2.77. The molecule has 0 saturated heterocycles. The van der Waals surface area contributed by atoms with Crippen molar-refractivity contribution in [3.63, 3.8) is 0 Å². The van der Waals surface area contributed by atoms with Crippen LogP contribution >= 0.6 is 11.6 Å². The average molecular weight is 415 g/mol. The zero-order valence-electron chi connectivity index (χ0n) is 15.9. The Morgan fingerprint density at radius 3 is 2.48 bits per heavy atom. The standard InChI is InChI=1S/C20H19ClN4O4/c1-25-16-8-5-13(11-15(16)24-20(25)21)18(27)22-10-9-17(26)23-14-6-3-12(4-7-14)19(28)29-2/h3-8,11H,9-10H2,1-2H3,(H,22,27)(H,23,26). The molecule has 1 heterocycles. The number of hydrogen-bond donors (Lipinski definition) is 2. The first-order valence-corrected chi connectivity index (χ1v) is 9.15. The van der Waals surface area contributed by atoms with Crippen molar-refractivity contribution in [3.8, 4) is 0 Å². The maximum atomic E-state index is 12.3. The van der Waals surface area contributed by atoms with E-state index in [1.165, 1.54) is 7.11 Å². The summed E-state index contributed by atoms with van der Waals surface area (Å²) in [6.45, 7) is 0.173. The number of aryl methyl sites for hydroxylation is 1. The van der Waals surface area contributed by atoms with E-state index in [4.69, 9.17) is 11.6 Å². The van der Waals surface area contributed by atoms with Crippen LogP contribution in [0.25, 0.3) is 11.0 Å². The summed E-state index contributed by atoms with van der Waals surface area (Å²) >= 11 is 5.98. The van der Waals surface area contributed by atoms with Crippen LogP contribution in [-0.4, -0.2) is 41.0 Å². The second-order valence-electron chi connectivity index (χ2n) is 6.27. The third-order valence-electron chi connectivity index (χ3n) is 4.32. The first-order valence-electron chi connectivity index (χ1n) is 8.77. The van der Waals surface area contributed by atoms with E-state index >= 15 is 0 Å². The first kappa shape index (κ1) is 20.3. The Kier molecular flexibility index (Phi) is 6.13. The fourth-order valence-electron chi connectivity index (χ4n) is 2.73. The van der Waals surface area contributed by atoms with E-state index in [0.717, 1.165) is 5.52 Å². The normalized spacial score (nSPS) is 10.6. The van der Waals surface area contributed by atoms with Crippen LogP contribution in [0.3, 0.4) is 0 Å². The number of carbonyl (C=O) groups is 3. The van der Waals surface area contributed by atoms with E-state index in [9.17, 15) is 14.4 Å². The van der Waals surface area contributed by atoms with Gasteiger partial charge >= 0.3 is 5.97 Å². The smallest absolute Gasteiger partial charge is 0.337 e. The van der Waals surface area contributed by atoms with Gasteiger partial charge in [0.2, 0.25) is 11.2 Å². The van der Waals surface area contributed by atoms with E-state index < -0.39 is 5.97 Å². The molecule has 0 aliphatic rings. The molecule has 8 nitrogen and oxygen atoms in total. The summed E-state index contributed by atoms with van der Waals surface area (Å²) < 4.78 is 6.34. The zero-order chi connectivity index (χ0) is 21.0. The summed E-state index contributed by atoms with van der Waals surface area (Å²) in [5.74, 6) is -1.01. The molecule has 3 rings (SSSR count). The molecule has 29 heavy (non-hydrogen) atoms. The van der Waals surface area contributed by atoms with Crippen molar-refractivity contribution >= 4 is 46.1 Å². The molecule has 3 aromatic rings. The molecule has 0 spiro atoms. The van der Waals surface area contributed by atoms with Crippen LogP contribution in [0.2, 0.25) is 5.28 Å². The summed E-state index contributed by atoms with van der Waals surface area (Å²) in [6.07, 6.45) is 0.0994. The lowest BCUT2D eigenvalue weighted by atomic mass is 10.2. The Labute approximate surface area is 171 Å². The van der Waals surface area contributed by atoms with Crippen molar-refractivity contribution in [1.82, 2.24) is 14.9 Å². The minimum Gasteiger partial charge on any atom is -0.465 e. The van der Waals surface area contributed by atoms with Crippen molar-refractivity contribution in [3.05, 3.63) is 58.9 Å². The number of nitrogens with zero attached hydrogens (tertiary/aromatic N) is 2. The molecule has 2 N–H and O–H groups in total. The fourth-order valence-corrected chi connectivity index (χ4v) is 2.92. The van der Waals surface area contributed by atoms with Crippen molar-refractivity contribution in [2.45, 2.75) is 6.42 Å².